The average molecular weight is 445 g/mol. The Balaban J connectivity index is 1.51. The summed E-state index contributed by atoms with van der Waals surface area (Å²) in [6.07, 6.45) is 7.72. The van der Waals surface area contributed by atoms with Crippen LogP contribution in [0.25, 0.3) is 10.9 Å². The Labute approximate surface area is 192 Å². The summed E-state index contributed by atoms with van der Waals surface area (Å²) in [6, 6.07) is 13.9. The highest BCUT2D eigenvalue weighted by Crippen LogP contribution is 2.40. The lowest BCUT2D eigenvalue weighted by Gasteiger charge is -2.40. The van der Waals surface area contributed by atoms with Gasteiger partial charge in [0.25, 0.3) is 0 Å². The van der Waals surface area contributed by atoms with E-state index < -0.39 is 5.97 Å². The number of aromatic nitrogens is 3. The molecule has 0 amide bonds. The molecule has 0 saturated carbocycles. The largest absolute Gasteiger partial charge is 0.496 e. The maximum atomic E-state index is 11.4. The monoisotopic (exact) mass is 444 g/mol. The van der Waals surface area contributed by atoms with Gasteiger partial charge in [0.05, 0.1) is 18.7 Å². The van der Waals surface area contributed by atoms with Gasteiger partial charge in [-0.15, -0.1) is 0 Å². The lowest BCUT2D eigenvalue weighted by atomic mass is 9.90. The smallest absolute Gasteiger partial charge is 0.335 e. The number of piperidine rings is 1. The fourth-order valence-corrected chi connectivity index (χ4v) is 5.10. The molecule has 0 radical (unpaired) electrons. The van der Waals surface area contributed by atoms with Crippen molar-refractivity contribution in [3.8, 4) is 5.75 Å². The molecule has 0 unspecified atom stereocenters. The fraction of sp³-hybridized carbons (Fsp3) is 0.308. The third-order valence-corrected chi connectivity index (χ3v) is 6.82. The number of H-pyrrole nitrogens is 1. The van der Waals surface area contributed by atoms with Crippen LogP contribution in [0.2, 0.25) is 0 Å². The van der Waals surface area contributed by atoms with Crippen LogP contribution in [0.1, 0.15) is 52.0 Å². The molecule has 0 bridgehead atoms. The minimum atomic E-state index is -0.907. The Morgan fingerprint density at radius 3 is 2.79 bits per heavy atom. The molecule has 0 aliphatic carbocycles. The van der Waals surface area contributed by atoms with Crippen LogP contribution in [-0.4, -0.2) is 44.4 Å². The number of fused-ring (bicyclic) bond motifs is 1. The zero-order valence-corrected chi connectivity index (χ0v) is 18.9. The van der Waals surface area contributed by atoms with E-state index in [2.05, 4.69) is 34.0 Å². The van der Waals surface area contributed by atoms with Gasteiger partial charge in [0.2, 0.25) is 0 Å². The molecule has 1 aliphatic rings. The Kier molecular flexibility index (Phi) is 5.64. The van der Waals surface area contributed by atoms with Gasteiger partial charge in [-0.1, -0.05) is 12.1 Å². The first kappa shape index (κ1) is 21.3. The number of hydrogen-bond acceptors (Lipinski definition) is 4. The van der Waals surface area contributed by atoms with Crippen molar-refractivity contribution in [2.45, 2.75) is 38.4 Å². The highest BCUT2D eigenvalue weighted by atomic mass is 16.5. The first-order valence-corrected chi connectivity index (χ1v) is 11.2. The molecule has 7 nitrogen and oxygen atoms in total. The van der Waals surface area contributed by atoms with Crippen LogP contribution in [0.5, 0.6) is 5.75 Å². The summed E-state index contributed by atoms with van der Waals surface area (Å²) in [4.78, 5) is 17.2. The van der Waals surface area contributed by atoms with E-state index >= 15 is 0 Å². The standard InChI is InChI=1S/C26H28N4O3/c1-17-14-24(33-2)22(21-8-11-27-25(17)21)16-29-13-9-20(30-12-3-10-28-30)15-23(29)18-4-6-19(7-5-18)26(31)32/h3-8,10-12,14,20,23,27H,9,13,15-16H2,1-2H3,(H,31,32)/t20-,23-/m1/s1. The van der Waals surface area contributed by atoms with Gasteiger partial charge in [0.15, 0.2) is 0 Å². The second kappa shape index (κ2) is 8.75. The van der Waals surface area contributed by atoms with Crippen LogP contribution >= 0.6 is 0 Å². The zero-order chi connectivity index (χ0) is 22.9. The molecule has 2 aromatic heterocycles. The van der Waals surface area contributed by atoms with Crippen molar-refractivity contribution in [2.75, 3.05) is 13.7 Å². The number of carboxylic acid groups (broad SMARTS) is 1. The van der Waals surface area contributed by atoms with Crippen LogP contribution in [0, 0.1) is 6.92 Å². The van der Waals surface area contributed by atoms with Gasteiger partial charge in [0, 0.05) is 54.2 Å². The number of ether oxygens (including phenoxy) is 1. The molecule has 5 rings (SSSR count). The van der Waals surface area contributed by atoms with Gasteiger partial charge in [0.1, 0.15) is 5.75 Å². The van der Waals surface area contributed by atoms with Crippen molar-refractivity contribution in [2.24, 2.45) is 0 Å². The van der Waals surface area contributed by atoms with E-state index in [1.807, 2.05) is 41.5 Å². The molecule has 3 heterocycles. The van der Waals surface area contributed by atoms with Crippen molar-refractivity contribution < 1.29 is 14.6 Å². The van der Waals surface area contributed by atoms with E-state index in [1.54, 1.807) is 19.2 Å². The fourth-order valence-electron chi connectivity index (χ4n) is 5.10. The van der Waals surface area contributed by atoms with E-state index in [0.717, 1.165) is 48.3 Å². The van der Waals surface area contributed by atoms with Gasteiger partial charge in [-0.3, -0.25) is 9.58 Å². The Morgan fingerprint density at radius 1 is 1.27 bits per heavy atom. The second-order valence-corrected chi connectivity index (χ2v) is 8.72. The molecular weight excluding hydrogens is 416 g/mol. The number of aromatic amines is 1. The number of carbonyl (C=O) groups is 1. The van der Waals surface area contributed by atoms with Gasteiger partial charge in [-0.05, 0) is 61.2 Å². The van der Waals surface area contributed by atoms with Crippen LogP contribution < -0.4 is 4.74 Å². The number of likely N-dealkylation sites (tertiary alicyclic amines) is 1. The number of benzene rings is 2. The molecule has 4 aromatic rings. The van der Waals surface area contributed by atoms with Crippen LogP contribution in [0.15, 0.2) is 61.1 Å². The molecule has 0 spiro atoms. The van der Waals surface area contributed by atoms with E-state index in [4.69, 9.17) is 4.74 Å². The normalized spacial score (nSPS) is 19.1. The van der Waals surface area contributed by atoms with Crippen molar-refractivity contribution in [1.82, 2.24) is 19.7 Å². The van der Waals surface area contributed by atoms with Crippen LogP contribution in [-0.2, 0) is 6.54 Å². The first-order chi connectivity index (χ1) is 16.0. The highest BCUT2D eigenvalue weighted by molar-refractivity contribution is 5.88. The summed E-state index contributed by atoms with van der Waals surface area (Å²) in [6.45, 7) is 3.74. The summed E-state index contributed by atoms with van der Waals surface area (Å²) in [5, 5.41) is 15.0. The molecule has 170 valence electrons. The molecular formula is C26H28N4O3. The Morgan fingerprint density at radius 2 is 2.09 bits per heavy atom. The minimum Gasteiger partial charge on any atom is -0.496 e. The molecule has 1 aliphatic heterocycles. The molecule has 1 saturated heterocycles. The summed E-state index contributed by atoms with van der Waals surface area (Å²) in [5.74, 6) is -0.00974. The average Bonchev–Trinajstić information content (AvgIpc) is 3.54. The summed E-state index contributed by atoms with van der Waals surface area (Å²) in [5.41, 5.74) is 4.89. The molecule has 7 heteroatoms. The summed E-state index contributed by atoms with van der Waals surface area (Å²) < 4.78 is 7.84. The van der Waals surface area contributed by atoms with Gasteiger partial charge >= 0.3 is 5.97 Å². The van der Waals surface area contributed by atoms with E-state index in [-0.39, 0.29) is 6.04 Å². The molecule has 33 heavy (non-hydrogen) atoms. The van der Waals surface area contributed by atoms with E-state index in [9.17, 15) is 9.90 Å². The number of carboxylic acids is 1. The lowest BCUT2D eigenvalue weighted by Crippen LogP contribution is -2.37. The van der Waals surface area contributed by atoms with Crippen molar-refractivity contribution in [1.29, 1.82) is 0 Å². The number of hydrogen-bond donors (Lipinski definition) is 2. The molecule has 1 fully saturated rings. The topological polar surface area (TPSA) is 83.4 Å². The van der Waals surface area contributed by atoms with Crippen molar-refractivity contribution in [3.63, 3.8) is 0 Å². The lowest BCUT2D eigenvalue weighted by molar-refractivity contribution is 0.0696. The van der Waals surface area contributed by atoms with Crippen molar-refractivity contribution >= 4 is 16.9 Å². The maximum Gasteiger partial charge on any atom is 0.335 e. The van der Waals surface area contributed by atoms with E-state index in [0.29, 0.717) is 11.6 Å². The van der Waals surface area contributed by atoms with Crippen LogP contribution in [0.3, 0.4) is 0 Å². The molecule has 2 N–H and O–H groups in total. The van der Waals surface area contributed by atoms with Gasteiger partial charge in [-0.2, -0.15) is 5.10 Å². The molecule has 2 atom stereocenters. The third-order valence-electron chi connectivity index (χ3n) is 6.82. The number of aryl methyl sites for hydroxylation is 1. The van der Waals surface area contributed by atoms with Crippen molar-refractivity contribution in [3.05, 3.63) is 83.3 Å². The number of nitrogens with zero attached hydrogens (tertiary/aromatic N) is 3. The third kappa shape index (κ3) is 4.00. The number of rotatable bonds is 6. The SMILES string of the molecule is COc1cc(C)c2[nH]ccc2c1CN1CC[C@@H](n2cccn2)C[C@@H]1c1ccc(C(=O)O)cc1. The summed E-state index contributed by atoms with van der Waals surface area (Å²) in [7, 11) is 1.73. The summed E-state index contributed by atoms with van der Waals surface area (Å²) >= 11 is 0. The predicted octanol–water partition coefficient (Wildman–Crippen LogP) is 4.96. The first-order valence-electron chi connectivity index (χ1n) is 11.2. The predicted molar refractivity (Wildman–Crippen MR) is 127 cm³/mol. The number of aromatic carboxylic acids is 1. The minimum absolute atomic E-state index is 0.135. The number of nitrogens with one attached hydrogen (secondary N) is 1. The second-order valence-electron chi connectivity index (χ2n) is 8.72. The maximum absolute atomic E-state index is 11.4. The van der Waals surface area contributed by atoms with Crippen LogP contribution in [0.4, 0.5) is 0 Å². The quantitative estimate of drug-likeness (QED) is 0.439. The van der Waals surface area contributed by atoms with Gasteiger partial charge < -0.3 is 14.8 Å². The van der Waals surface area contributed by atoms with Gasteiger partial charge in [-0.25, -0.2) is 4.79 Å². The highest BCUT2D eigenvalue weighted by Gasteiger charge is 2.32. The molecule has 2 aromatic carbocycles. The Bertz CT molecular complexity index is 1260. The van der Waals surface area contributed by atoms with E-state index in [1.165, 1.54) is 10.9 Å². The number of methoxy groups -OCH3 is 1. The Hall–Kier alpha value is -3.58. The zero-order valence-electron chi connectivity index (χ0n) is 18.9.